The fourth-order valence-corrected chi connectivity index (χ4v) is 4.01. The number of amides is 2. The lowest BCUT2D eigenvalue weighted by Gasteiger charge is -2.26. The summed E-state index contributed by atoms with van der Waals surface area (Å²) in [7, 11) is 3.17. The fourth-order valence-electron chi connectivity index (χ4n) is 4.01. The molecular formula is C27H29N3O5. The van der Waals surface area contributed by atoms with Crippen molar-refractivity contribution in [2.45, 2.75) is 19.4 Å². The summed E-state index contributed by atoms with van der Waals surface area (Å²) in [6.45, 7) is 2.41. The van der Waals surface area contributed by atoms with Crippen LogP contribution in [-0.2, 0) is 9.53 Å². The smallest absolute Gasteiger partial charge is 0.290 e. The van der Waals surface area contributed by atoms with E-state index in [-0.39, 0.29) is 36.7 Å². The van der Waals surface area contributed by atoms with Crippen molar-refractivity contribution in [1.82, 2.24) is 9.91 Å². The summed E-state index contributed by atoms with van der Waals surface area (Å²) in [4.78, 5) is 28.0. The first-order valence-electron chi connectivity index (χ1n) is 11.4. The van der Waals surface area contributed by atoms with Gasteiger partial charge in [-0.25, -0.2) is 5.01 Å². The molecule has 4 rings (SSSR count). The van der Waals surface area contributed by atoms with Crippen LogP contribution in [0.15, 0.2) is 76.4 Å². The Labute approximate surface area is 204 Å². The number of benzene rings is 2. The molecule has 0 spiro atoms. The van der Waals surface area contributed by atoms with Gasteiger partial charge in [0.25, 0.3) is 11.8 Å². The van der Waals surface area contributed by atoms with Crippen LogP contribution in [-0.4, -0.2) is 61.4 Å². The van der Waals surface area contributed by atoms with E-state index in [1.165, 1.54) is 16.2 Å². The average molecular weight is 476 g/mol. The Balaban J connectivity index is 1.63. The van der Waals surface area contributed by atoms with Gasteiger partial charge in [-0.3, -0.25) is 9.59 Å². The predicted molar refractivity (Wildman–Crippen MR) is 131 cm³/mol. The van der Waals surface area contributed by atoms with Gasteiger partial charge in [-0.1, -0.05) is 42.0 Å². The lowest BCUT2D eigenvalue weighted by Crippen LogP contribution is -2.42. The number of aryl methyl sites for hydroxylation is 1. The highest BCUT2D eigenvalue weighted by Gasteiger charge is 2.34. The van der Waals surface area contributed by atoms with Gasteiger partial charge in [-0.2, -0.15) is 5.10 Å². The van der Waals surface area contributed by atoms with Gasteiger partial charge in [-0.15, -0.1) is 0 Å². The van der Waals surface area contributed by atoms with Crippen molar-refractivity contribution in [1.29, 1.82) is 0 Å². The zero-order chi connectivity index (χ0) is 24.8. The van der Waals surface area contributed by atoms with Gasteiger partial charge in [-0.05, 0) is 36.8 Å². The summed E-state index contributed by atoms with van der Waals surface area (Å²) in [6.07, 6.45) is 1.98. The number of carbonyl (C=O) groups is 2. The molecule has 0 N–H and O–H groups in total. The van der Waals surface area contributed by atoms with Gasteiger partial charge in [0.05, 0.1) is 31.7 Å². The Hall–Kier alpha value is -3.91. The van der Waals surface area contributed by atoms with Crippen LogP contribution in [0.1, 0.15) is 39.7 Å². The third-order valence-electron chi connectivity index (χ3n) is 5.94. The Morgan fingerprint density at radius 3 is 2.60 bits per heavy atom. The monoisotopic (exact) mass is 475 g/mol. The molecule has 35 heavy (non-hydrogen) atoms. The highest BCUT2D eigenvalue weighted by Crippen LogP contribution is 2.33. The van der Waals surface area contributed by atoms with Crippen molar-refractivity contribution in [3.8, 4) is 5.75 Å². The van der Waals surface area contributed by atoms with Gasteiger partial charge in [0, 0.05) is 25.6 Å². The Kier molecular flexibility index (Phi) is 7.62. The molecule has 2 aromatic carbocycles. The van der Waals surface area contributed by atoms with Crippen molar-refractivity contribution in [2.24, 2.45) is 5.10 Å². The Bertz CT molecular complexity index is 1190. The number of hydrazone groups is 1. The number of methoxy groups -OCH3 is 2. The second-order valence-electron chi connectivity index (χ2n) is 8.34. The molecule has 2 heterocycles. The minimum Gasteiger partial charge on any atom is -0.497 e. The average Bonchev–Trinajstić information content (AvgIpc) is 3.57. The molecule has 0 radical (unpaired) electrons. The van der Waals surface area contributed by atoms with E-state index in [1.807, 2.05) is 55.5 Å². The van der Waals surface area contributed by atoms with Crippen molar-refractivity contribution in [3.05, 3.63) is 89.4 Å². The maximum atomic E-state index is 13.6. The van der Waals surface area contributed by atoms with Crippen LogP contribution in [0.5, 0.6) is 5.75 Å². The summed E-state index contributed by atoms with van der Waals surface area (Å²) < 4.78 is 15.8. The molecule has 2 amide bonds. The van der Waals surface area contributed by atoms with E-state index in [0.29, 0.717) is 13.0 Å². The van der Waals surface area contributed by atoms with E-state index in [2.05, 4.69) is 0 Å². The van der Waals surface area contributed by atoms with Crippen LogP contribution in [0.3, 0.4) is 0 Å². The summed E-state index contributed by atoms with van der Waals surface area (Å²) in [6, 6.07) is 18.6. The maximum absolute atomic E-state index is 13.6. The van der Waals surface area contributed by atoms with E-state index in [1.54, 1.807) is 26.4 Å². The van der Waals surface area contributed by atoms with Crippen LogP contribution in [0.25, 0.3) is 0 Å². The summed E-state index contributed by atoms with van der Waals surface area (Å²) in [5.74, 6) is 0.232. The van der Waals surface area contributed by atoms with Crippen molar-refractivity contribution < 1.29 is 23.5 Å². The molecule has 182 valence electrons. The highest BCUT2D eigenvalue weighted by molar-refractivity contribution is 6.04. The van der Waals surface area contributed by atoms with E-state index in [0.717, 1.165) is 28.2 Å². The first-order chi connectivity index (χ1) is 17.0. The number of rotatable bonds is 9. The zero-order valence-corrected chi connectivity index (χ0v) is 20.1. The molecule has 1 aliphatic rings. The third-order valence-corrected chi connectivity index (χ3v) is 5.94. The lowest BCUT2D eigenvalue weighted by molar-refractivity contribution is -0.133. The SMILES string of the molecule is COCCN(CC(=O)N1N=C(c2cccc(OC)c2)C[C@H]1c1ccc(C)cc1)C(=O)c1ccco1. The van der Waals surface area contributed by atoms with Crippen molar-refractivity contribution in [2.75, 3.05) is 33.9 Å². The number of ether oxygens (including phenoxy) is 2. The lowest BCUT2D eigenvalue weighted by atomic mass is 9.97. The number of hydrogen-bond acceptors (Lipinski definition) is 6. The molecule has 0 saturated heterocycles. The van der Waals surface area contributed by atoms with Gasteiger partial charge < -0.3 is 18.8 Å². The molecule has 8 nitrogen and oxygen atoms in total. The van der Waals surface area contributed by atoms with E-state index >= 15 is 0 Å². The number of hydrogen-bond donors (Lipinski definition) is 0. The number of nitrogens with zero attached hydrogens (tertiary/aromatic N) is 3. The molecule has 1 atom stereocenters. The molecular weight excluding hydrogens is 446 g/mol. The van der Waals surface area contributed by atoms with Crippen LogP contribution in [0, 0.1) is 6.92 Å². The zero-order valence-electron chi connectivity index (χ0n) is 20.1. The van der Waals surface area contributed by atoms with Crippen LogP contribution < -0.4 is 4.74 Å². The highest BCUT2D eigenvalue weighted by atomic mass is 16.5. The predicted octanol–water partition coefficient (Wildman–Crippen LogP) is 4.06. The van der Waals surface area contributed by atoms with Gasteiger partial charge in [0.15, 0.2) is 5.76 Å². The first kappa shape index (κ1) is 24.2. The largest absolute Gasteiger partial charge is 0.497 e. The first-order valence-corrected chi connectivity index (χ1v) is 11.4. The fraction of sp³-hybridized carbons (Fsp3) is 0.296. The second-order valence-corrected chi connectivity index (χ2v) is 8.34. The van der Waals surface area contributed by atoms with Crippen LogP contribution in [0.4, 0.5) is 0 Å². The quantitative estimate of drug-likeness (QED) is 0.466. The van der Waals surface area contributed by atoms with E-state index < -0.39 is 0 Å². The number of furan rings is 1. The second kappa shape index (κ2) is 11.0. The summed E-state index contributed by atoms with van der Waals surface area (Å²) in [5, 5.41) is 6.22. The maximum Gasteiger partial charge on any atom is 0.290 e. The Morgan fingerprint density at radius 1 is 1.11 bits per heavy atom. The molecule has 0 bridgehead atoms. The van der Waals surface area contributed by atoms with Crippen LogP contribution in [0.2, 0.25) is 0 Å². The van der Waals surface area contributed by atoms with Crippen molar-refractivity contribution in [3.63, 3.8) is 0 Å². The molecule has 1 aliphatic heterocycles. The molecule has 3 aromatic rings. The molecule has 1 aromatic heterocycles. The van der Waals surface area contributed by atoms with Gasteiger partial charge >= 0.3 is 0 Å². The standard InChI is InChI=1S/C27H29N3O5/c1-19-9-11-20(12-10-19)24-17-23(21-6-4-7-22(16-21)34-3)28-30(24)26(31)18-29(13-15-33-2)27(32)25-8-5-14-35-25/h4-12,14,16,24H,13,15,17-18H2,1-3H3/t24-/m0/s1. The molecule has 0 fully saturated rings. The molecule has 0 unspecified atom stereocenters. The molecule has 8 heteroatoms. The molecule has 0 saturated carbocycles. The normalized spacial score (nSPS) is 15.1. The van der Waals surface area contributed by atoms with Gasteiger partial charge in [0.1, 0.15) is 12.3 Å². The van der Waals surface area contributed by atoms with Crippen LogP contribution >= 0.6 is 0 Å². The van der Waals surface area contributed by atoms with E-state index in [9.17, 15) is 9.59 Å². The van der Waals surface area contributed by atoms with E-state index in [4.69, 9.17) is 19.0 Å². The minimum absolute atomic E-state index is 0.153. The topological polar surface area (TPSA) is 84.6 Å². The van der Waals surface area contributed by atoms with Crippen molar-refractivity contribution >= 4 is 17.5 Å². The summed E-state index contributed by atoms with van der Waals surface area (Å²) >= 11 is 0. The third kappa shape index (κ3) is 5.60. The minimum atomic E-state index is -0.372. The van der Waals surface area contributed by atoms with Gasteiger partial charge in [0.2, 0.25) is 0 Å². The molecule has 0 aliphatic carbocycles. The Morgan fingerprint density at radius 2 is 1.91 bits per heavy atom. The summed E-state index contributed by atoms with van der Waals surface area (Å²) in [5.41, 5.74) is 3.78. The number of carbonyl (C=O) groups excluding carboxylic acids is 2.